The van der Waals surface area contributed by atoms with Crippen LogP contribution in [0, 0.1) is 0 Å². The molecule has 5 heteroatoms. The van der Waals surface area contributed by atoms with Crippen molar-refractivity contribution in [2.75, 3.05) is 19.6 Å². The zero-order chi connectivity index (χ0) is 14.8. The number of carbonyl (C=O) groups excluding carboxylic acids is 2. The Bertz CT molecular complexity index is 301. The predicted molar refractivity (Wildman–Crippen MR) is 80.2 cm³/mol. The topological polar surface area (TPSA) is 75.4 Å². The summed E-state index contributed by atoms with van der Waals surface area (Å²) in [5.74, 6) is -0.324. The van der Waals surface area contributed by atoms with Gasteiger partial charge < -0.3 is 16.0 Å². The highest BCUT2D eigenvalue weighted by Gasteiger charge is 2.25. The number of rotatable bonds is 9. The zero-order valence-electron chi connectivity index (χ0n) is 12.7. The molecule has 0 aromatic carbocycles. The standard InChI is InChI=1S/C15H29N3O2/c1-2-3-4-5-6-7-15(20)18(12-14(16)19)13-8-10-17-11-9-13/h13,17H,2-12H2,1H3,(H2,16,19). The van der Waals surface area contributed by atoms with E-state index in [1.807, 2.05) is 0 Å². The number of nitrogens with zero attached hydrogens (tertiary/aromatic N) is 1. The van der Waals surface area contributed by atoms with E-state index in [0.717, 1.165) is 38.8 Å². The molecule has 1 aliphatic rings. The number of hydrogen-bond donors (Lipinski definition) is 2. The molecular formula is C15H29N3O2. The van der Waals surface area contributed by atoms with Gasteiger partial charge in [0.05, 0.1) is 6.54 Å². The van der Waals surface area contributed by atoms with Crippen molar-refractivity contribution in [2.45, 2.75) is 64.3 Å². The van der Waals surface area contributed by atoms with Crippen LogP contribution in [-0.2, 0) is 9.59 Å². The van der Waals surface area contributed by atoms with Crippen LogP contribution >= 0.6 is 0 Å². The van der Waals surface area contributed by atoms with Crippen molar-refractivity contribution in [3.05, 3.63) is 0 Å². The molecular weight excluding hydrogens is 254 g/mol. The van der Waals surface area contributed by atoms with Crippen LogP contribution in [-0.4, -0.2) is 42.4 Å². The molecule has 1 aliphatic heterocycles. The smallest absolute Gasteiger partial charge is 0.237 e. The number of carbonyl (C=O) groups is 2. The second kappa shape index (κ2) is 9.75. The maximum absolute atomic E-state index is 12.3. The number of amides is 2. The van der Waals surface area contributed by atoms with E-state index in [0.29, 0.717) is 6.42 Å². The molecule has 0 aromatic heterocycles. The second-order valence-corrected chi connectivity index (χ2v) is 5.63. The Morgan fingerprint density at radius 3 is 2.40 bits per heavy atom. The first-order valence-electron chi connectivity index (χ1n) is 7.93. The van der Waals surface area contributed by atoms with Gasteiger partial charge in [-0.05, 0) is 32.4 Å². The number of hydrogen-bond acceptors (Lipinski definition) is 3. The number of nitrogens with one attached hydrogen (secondary N) is 1. The molecule has 0 radical (unpaired) electrons. The van der Waals surface area contributed by atoms with Gasteiger partial charge in [0, 0.05) is 12.5 Å². The molecule has 0 bridgehead atoms. The van der Waals surface area contributed by atoms with Crippen LogP contribution in [0.25, 0.3) is 0 Å². The van der Waals surface area contributed by atoms with E-state index >= 15 is 0 Å². The molecule has 0 unspecified atom stereocenters. The van der Waals surface area contributed by atoms with Crippen LogP contribution < -0.4 is 11.1 Å². The Morgan fingerprint density at radius 2 is 1.80 bits per heavy atom. The highest BCUT2D eigenvalue weighted by atomic mass is 16.2. The molecule has 20 heavy (non-hydrogen) atoms. The fourth-order valence-electron chi connectivity index (χ4n) is 2.73. The SMILES string of the molecule is CCCCCCCC(=O)N(CC(N)=O)C1CCNCC1. The minimum absolute atomic E-state index is 0.0679. The Kier molecular flexibility index (Phi) is 8.26. The first-order valence-corrected chi connectivity index (χ1v) is 7.93. The van der Waals surface area contributed by atoms with Gasteiger partial charge in [-0.15, -0.1) is 0 Å². The average Bonchev–Trinajstić information content (AvgIpc) is 2.45. The number of nitrogens with two attached hydrogens (primary N) is 1. The molecule has 1 rings (SSSR count). The molecule has 0 aromatic rings. The highest BCUT2D eigenvalue weighted by molar-refractivity contribution is 5.84. The average molecular weight is 283 g/mol. The van der Waals surface area contributed by atoms with Crippen LogP contribution in [0.15, 0.2) is 0 Å². The van der Waals surface area contributed by atoms with Gasteiger partial charge in [0.1, 0.15) is 0 Å². The van der Waals surface area contributed by atoms with E-state index in [2.05, 4.69) is 12.2 Å². The molecule has 0 aliphatic carbocycles. The minimum atomic E-state index is -0.414. The molecule has 0 atom stereocenters. The van der Waals surface area contributed by atoms with Crippen LogP contribution in [0.1, 0.15) is 58.3 Å². The lowest BCUT2D eigenvalue weighted by Crippen LogP contribution is -2.49. The number of primary amides is 1. The van der Waals surface area contributed by atoms with Crippen molar-refractivity contribution in [3.8, 4) is 0 Å². The van der Waals surface area contributed by atoms with Crippen LogP contribution in [0.5, 0.6) is 0 Å². The van der Waals surface area contributed by atoms with Crippen LogP contribution in [0.4, 0.5) is 0 Å². The van der Waals surface area contributed by atoms with E-state index in [-0.39, 0.29) is 18.5 Å². The van der Waals surface area contributed by atoms with Gasteiger partial charge in [0.2, 0.25) is 11.8 Å². The molecule has 2 amide bonds. The van der Waals surface area contributed by atoms with Gasteiger partial charge in [-0.25, -0.2) is 0 Å². The number of piperidine rings is 1. The lowest BCUT2D eigenvalue weighted by molar-refractivity contribution is -0.138. The lowest BCUT2D eigenvalue weighted by Gasteiger charge is -2.34. The van der Waals surface area contributed by atoms with E-state index in [4.69, 9.17) is 5.73 Å². The first-order chi connectivity index (χ1) is 9.65. The van der Waals surface area contributed by atoms with E-state index in [1.165, 1.54) is 19.3 Å². The maximum atomic E-state index is 12.3. The monoisotopic (exact) mass is 283 g/mol. The van der Waals surface area contributed by atoms with Crippen molar-refractivity contribution >= 4 is 11.8 Å². The van der Waals surface area contributed by atoms with Crippen molar-refractivity contribution in [1.29, 1.82) is 0 Å². The van der Waals surface area contributed by atoms with Crippen molar-refractivity contribution in [3.63, 3.8) is 0 Å². The summed E-state index contributed by atoms with van der Waals surface area (Å²) in [6, 6.07) is 0.173. The third-order valence-corrected chi connectivity index (χ3v) is 3.89. The first kappa shape index (κ1) is 17.0. The normalized spacial score (nSPS) is 16.1. The highest BCUT2D eigenvalue weighted by Crippen LogP contribution is 2.15. The summed E-state index contributed by atoms with van der Waals surface area (Å²) in [4.78, 5) is 25.2. The Morgan fingerprint density at radius 1 is 1.15 bits per heavy atom. The minimum Gasteiger partial charge on any atom is -0.368 e. The van der Waals surface area contributed by atoms with Crippen molar-refractivity contribution < 1.29 is 9.59 Å². The summed E-state index contributed by atoms with van der Waals surface area (Å²) >= 11 is 0. The van der Waals surface area contributed by atoms with Gasteiger partial charge >= 0.3 is 0 Å². The molecule has 116 valence electrons. The molecule has 0 saturated carbocycles. The van der Waals surface area contributed by atoms with Gasteiger partial charge in [-0.3, -0.25) is 9.59 Å². The van der Waals surface area contributed by atoms with Gasteiger partial charge in [0.15, 0.2) is 0 Å². The molecule has 3 N–H and O–H groups in total. The van der Waals surface area contributed by atoms with Crippen LogP contribution in [0.2, 0.25) is 0 Å². The number of unbranched alkanes of at least 4 members (excludes halogenated alkanes) is 4. The molecule has 1 saturated heterocycles. The van der Waals surface area contributed by atoms with E-state index < -0.39 is 5.91 Å². The third-order valence-electron chi connectivity index (χ3n) is 3.89. The summed E-state index contributed by atoms with van der Waals surface area (Å²) < 4.78 is 0. The van der Waals surface area contributed by atoms with Crippen molar-refractivity contribution in [2.24, 2.45) is 5.73 Å². The Labute approximate surface area is 122 Å². The van der Waals surface area contributed by atoms with Gasteiger partial charge in [-0.2, -0.15) is 0 Å². The largest absolute Gasteiger partial charge is 0.368 e. The predicted octanol–water partition coefficient (Wildman–Crippen LogP) is 1.41. The summed E-state index contributed by atoms with van der Waals surface area (Å²) in [5, 5.41) is 3.27. The maximum Gasteiger partial charge on any atom is 0.237 e. The summed E-state index contributed by atoms with van der Waals surface area (Å²) in [6.45, 7) is 4.06. The van der Waals surface area contributed by atoms with Gasteiger partial charge in [-0.1, -0.05) is 32.6 Å². The second-order valence-electron chi connectivity index (χ2n) is 5.63. The lowest BCUT2D eigenvalue weighted by atomic mass is 10.0. The van der Waals surface area contributed by atoms with Crippen LogP contribution in [0.3, 0.4) is 0 Å². The zero-order valence-corrected chi connectivity index (χ0v) is 12.7. The quantitative estimate of drug-likeness (QED) is 0.628. The molecule has 5 nitrogen and oxygen atoms in total. The molecule has 1 fully saturated rings. The fraction of sp³-hybridized carbons (Fsp3) is 0.867. The van der Waals surface area contributed by atoms with Crippen molar-refractivity contribution in [1.82, 2.24) is 10.2 Å². The molecule has 1 heterocycles. The third kappa shape index (κ3) is 6.37. The Hall–Kier alpha value is -1.10. The molecule has 0 spiro atoms. The summed E-state index contributed by atoms with van der Waals surface area (Å²) in [5.41, 5.74) is 5.28. The van der Waals surface area contributed by atoms with E-state index in [9.17, 15) is 9.59 Å². The fourth-order valence-corrected chi connectivity index (χ4v) is 2.73. The Balaban J connectivity index is 2.40. The summed E-state index contributed by atoms with van der Waals surface area (Å²) in [6.07, 6.45) is 8.00. The van der Waals surface area contributed by atoms with Gasteiger partial charge in [0.25, 0.3) is 0 Å². The van der Waals surface area contributed by atoms with E-state index in [1.54, 1.807) is 4.90 Å². The summed E-state index contributed by atoms with van der Waals surface area (Å²) in [7, 11) is 0.